The molecular weight excluding hydrogens is 288 g/mol. The van der Waals surface area contributed by atoms with Gasteiger partial charge in [0.1, 0.15) is 25.6 Å². The number of hydrogen-bond donors (Lipinski definition) is 0. The molecule has 6 heteroatoms. The lowest BCUT2D eigenvalue weighted by molar-refractivity contribution is -0.142. The van der Waals surface area contributed by atoms with Gasteiger partial charge in [0.2, 0.25) is 0 Å². The van der Waals surface area contributed by atoms with Gasteiger partial charge in [-0.3, -0.25) is 9.59 Å². The molecule has 0 saturated carbocycles. The van der Waals surface area contributed by atoms with Crippen LogP contribution < -0.4 is 4.74 Å². The van der Waals surface area contributed by atoms with E-state index in [1.165, 1.54) is 6.92 Å². The van der Waals surface area contributed by atoms with Gasteiger partial charge >= 0.3 is 11.9 Å². The standard InChI is InChI=1S/C16H20O6/c1-11(2)15(18)9-20-10-16(19)22-14-6-4-13(5-7-14)8-21-12(3)17/h4-7,11H,8-10H2,1-3H3. The number of hydrogen-bond acceptors (Lipinski definition) is 6. The van der Waals surface area contributed by atoms with Crippen LogP contribution in [0.1, 0.15) is 26.3 Å². The lowest BCUT2D eigenvalue weighted by Crippen LogP contribution is -2.21. The van der Waals surface area contributed by atoms with Gasteiger partial charge in [-0.1, -0.05) is 26.0 Å². The van der Waals surface area contributed by atoms with E-state index in [4.69, 9.17) is 14.2 Å². The van der Waals surface area contributed by atoms with Crippen LogP contribution in [0.15, 0.2) is 24.3 Å². The van der Waals surface area contributed by atoms with E-state index in [1.54, 1.807) is 38.1 Å². The minimum atomic E-state index is -0.579. The number of carbonyl (C=O) groups excluding carboxylic acids is 3. The van der Waals surface area contributed by atoms with Crippen molar-refractivity contribution in [3.05, 3.63) is 29.8 Å². The molecule has 0 bridgehead atoms. The van der Waals surface area contributed by atoms with Gasteiger partial charge in [-0.2, -0.15) is 0 Å². The molecule has 1 aromatic rings. The van der Waals surface area contributed by atoms with Gasteiger partial charge < -0.3 is 14.2 Å². The molecule has 0 N–H and O–H groups in total. The topological polar surface area (TPSA) is 78.9 Å². The Kier molecular flexibility index (Phi) is 7.25. The molecule has 0 aliphatic carbocycles. The Morgan fingerprint density at radius 1 is 1.05 bits per heavy atom. The van der Waals surface area contributed by atoms with Crippen molar-refractivity contribution < 1.29 is 28.6 Å². The minimum absolute atomic E-state index is 0.0670. The average molecular weight is 308 g/mol. The zero-order chi connectivity index (χ0) is 16.5. The van der Waals surface area contributed by atoms with Crippen LogP contribution in [0.3, 0.4) is 0 Å². The van der Waals surface area contributed by atoms with Crippen LogP contribution in [0.4, 0.5) is 0 Å². The van der Waals surface area contributed by atoms with E-state index in [-0.39, 0.29) is 37.5 Å². The Morgan fingerprint density at radius 3 is 2.23 bits per heavy atom. The van der Waals surface area contributed by atoms with E-state index in [9.17, 15) is 14.4 Å². The van der Waals surface area contributed by atoms with Crippen molar-refractivity contribution >= 4 is 17.7 Å². The third-order valence-corrected chi connectivity index (χ3v) is 2.71. The number of carbonyl (C=O) groups is 3. The zero-order valence-electron chi connectivity index (χ0n) is 13.0. The predicted molar refractivity (Wildman–Crippen MR) is 78.2 cm³/mol. The first-order valence-electron chi connectivity index (χ1n) is 6.92. The van der Waals surface area contributed by atoms with Crippen molar-refractivity contribution in [3.8, 4) is 5.75 Å². The van der Waals surface area contributed by atoms with Gasteiger partial charge in [0.15, 0.2) is 5.78 Å². The molecule has 0 heterocycles. The normalized spacial score (nSPS) is 10.4. The van der Waals surface area contributed by atoms with Crippen LogP contribution in [0.25, 0.3) is 0 Å². The smallest absolute Gasteiger partial charge is 0.337 e. The summed E-state index contributed by atoms with van der Waals surface area (Å²) in [6.07, 6.45) is 0. The monoisotopic (exact) mass is 308 g/mol. The maximum Gasteiger partial charge on any atom is 0.337 e. The van der Waals surface area contributed by atoms with Gasteiger partial charge in [-0.15, -0.1) is 0 Å². The summed E-state index contributed by atoms with van der Waals surface area (Å²) in [6, 6.07) is 6.56. The Morgan fingerprint density at radius 2 is 1.68 bits per heavy atom. The maximum absolute atomic E-state index is 11.5. The van der Waals surface area contributed by atoms with Gasteiger partial charge in [0, 0.05) is 12.8 Å². The molecule has 0 fully saturated rings. The molecule has 1 rings (SSSR count). The summed E-state index contributed by atoms with van der Waals surface area (Å²) >= 11 is 0. The largest absolute Gasteiger partial charge is 0.461 e. The summed E-state index contributed by atoms with van der Waals surface area (Å²) in [4.78, 5) is 33.5. The third-order valence-electron chi connectivity index (χ3n) is 2.71. The van der Waals surface area contributed by atoms with Crippen LogP contribution in [0, 0.1) is 5.92 Å². The fraction of sp³-hybridized carbons (Fsp3) is 0.438. The Hall–Kier alpha value is -2.21. The molecule has 1 aromatic carbocycles. The van der Waals surface area contributed by atoms with Crippen molar-refractivity contribution in [1.29, 1.82) is 0 Å². The van der Waals surface area contributed by atoms with Crippen LogP contribution in [0.2, 0.25) is 0 Å². The van der Waals surface area contributed by atoms with Gasteiger partial charge in [-0.05, 0) is 17.7 Å². The van der Waals surface area contributed by atoms with Crippen molar-refractivity contribution in [2.75, 3.05) is 13.2 Å². The summed E-state index contributed by atoms with van der Waals surface area (Å²) in [6.45, 7) is 4.65. The molecule has 0 aliphatic rings. The average Bonchev–Trinajstić information content (AvgIpc) is 2.46. The Labute approximate surface area is 129 Å². The van der Waals surface area contributed by atoms with E-state index in [2.05, 4.69) is 0 Å². The molecule has 0 amide bonds. The second-order valence-corrected chi connectivity index (χ2v) is 5.01. The highest BCUT2D eigenvalue weighted by Gasteiger charge is 2.10. The summed E-state index contributed by atoms with van der Waals surface area (Å²) in [7, 11) is 0. The molecule has 0 radical (unpaired) electrons. The molecule has 6 nitrogen and oxygen atoms in total. The van der Waals surface area contributed by atoms with Crippen LogP contribution >= 0.6 is 0 Å². The maximum atomic E-state index is 11.5. The zero-order valence-corrected chi connectivity index (χ0v) is 13.0. The van der Waals surface area contributed by atoms with Crippen molar-refractivity contribution in [2.45, 2.75) is 27.4 Å². The summed E-state index contributed by atoms with van der Waals surface area (Å²) in [5.41, 5.74) is 0.786. The Balaban J connectivity index is 2.35. The van der Waals surface area contributed by atoms with Gasteiger partial charge in [-0.25, -0.2) is 4.79 Å². The fourth-order valence-electron chi connectivity index (χ4n) is 1.40. The van der Waals surface area contributed by atoms with E-state index in [0.29, 0.717) is 5.75 Å². The Bertz CT molecular complexity index is 518. The lowest BCUT2D eigenvalue weighted by Gasteiger charge is -2.07. The molecule has 0 saturated heterocycles. The van der Waals surface area contributed by atoms with Crippen molar-refractivity contribution in [2.24, 2.45) is 5.92 Å². The first-order valence-corrected chi connectivity index (χ1v) is 6.92. The van der Waals surface area contributed by atoms with Crippen molar-refractivity contribution in [1.82, 2.24) is 0 Å². The number of rotatable bonds is 8. The summed E-state index contributed by atoms with van der Waals surface area (Å²) in [5.74, 6) is -0.772. The van der Waals surface area contributed by atoms with Crippen LogP contribution in [-0.2, 0) is 30.5 Å². The predicted octanol–water partition coefficient (Wildman–Crippen LogP) is 1.90. The number of esters is 2. The second-order valence-electron chi connectivity index (χ2n) is 5.01. The fourth-order valence-corrected chi connectivity index (χ4v) is 1.40. The lowest BCUT2D eigenvalue weighted by atomic mass is 10.1. The van der Waals surface area contributed by atoms with Crippen molar-refractivity contribution in [3.63, 3.8) is 0 Å². The van der Waals surface area contributed by atoms with E-state index < -0.39 is 5.97 Å². The highest BCUT2D eigenvalue weighted by Crippen LogP contribution is 2.13. The van der Waals surface area contributed by atoms with E-state index >= 15 is 0 Å². The molecule has 0 aliphatic heterocycles. The molecule has 0 spiro atoms. The molecule has 120 valence electrons. The molecule has 0 aromatic heterocycles. The quantitative estimate of drug-likeness (QED) is 0.539. The number of ketones is 1. The first-order chi connectivity index (χ1) is 10.4. The molecule has 0 atom stereocenters. The highest BCUT2D eigenvalue weighted by molar-refractivity contribution is 5.82. The summed E-state index contributed by atoms with van der Waals surface area (Å²) in [5, 5.41) is 0. The van der Waals surface area contributed by atoms with Gasteiger partial charge in [0.25, 0.3) is 0 Å². The van der Waals surface area contributed by atoms with Gasteiger partial charge in [0.05, 0.1) is 0 Å². The SMILES string of the molecule is CC(=O)OCc1ccc(OC(=O)COCC(=O)C(C)C)cc1. The highest BCUT2D eigenvalue weighted by atomic mass is 16.6. The summed E-state index contributed by atoms with van der Waals surface area (Å²) < 4.78 is 14.9. The number of Topliss-reactive ketones (excluding diaryl/α,β-unsaturated/α-hetero) is 1. The second kappa shape index (κ2) is 8.94. The van der Waals surface area contributed by atoms with Crippen LogP contribution in [0.5, 0.6) is 5.75 Å². The molecule has 0 unspecified atom stereocenters. The van der Waals surface area contributed by atoms with E-state index in [1.807, 2.05) is 0 Å². The van der Waals surface area contributed by atoms with Crippen LogP contribution in [-0.4, -0.2) is 30.9 Å². The molecular formula is C16H20O6. The third kappa shape index (κ3) is 6.99. The minimum Gasteiger partial charge on any atom is -0.461 e. The number of benzene rings is 1. The molecule has 22 heavy (non-hydrogen) atoms. The number of ether oxygens (including phenoxy) is 3. The first kappa shape index (κ1) is 17.8. The van der Waals surface area contributed by atoms with E-state index in [0.717, 1.165) is 5.56 Å².